The quantitative estimate of drug-likeness (QED) is 0.312. The monoisotopic (exact) mass is 405 g/mol. The van der Waals surface area contributed by atoms with Gasteiger partial charge < -0.3 is 5.32 Å². The van der Waals surface area contributed by atoms with E-state index in [0.29, 0.717) is 6.04 Å². The van der Waals surface area contributed by atoms with Crippen molar-refractivity contribution in [3.8, 4) is 0 Å². The summed E-state index contributed by atoms with van der Waals surface area (Å²) < 4.78 is 0. The second-order valence-electron chi connectivity index (χ2n) is 6.79. The molecule has 0 aromatic heterocycles. The molecule has 0 radical (unpaired) electrons. The molecule has 3 aromatic rings. The summed E-state index contributed by atoms with van der Waals surface area (Å²) in [5.41, 5.74) is 2.49. The van der Waals surface area contributed by atoms with Gasteiger partial charge in [-0.15, -0.1) is 42.3 Å². The van der Waals surface area contributed by atoms with Gasteiger partial charge in [-0.2, -0.15) is 42.0 Å². The molecule has 1 saturated carbocycles. The average Bonchev–Trinajstić information content (AvgIpc) is 3.47. The van der Waals surface area contributed by atoms with E-state index in [9.17, 15) is 0 Å². The maximum atomic E-state index is 4.69. The van der Waals surface area contributed by atoms with Crippen LogP contribution in [0.25, 0.3) is 5.32 Å². The number of allylic oxidation sites excluding steroid dienone is 1. The van der Waals surface area contributed by atoms with E-state index in [4.69, 9.17) is 0 Å². The molecular formula is C26H31NTi. The number of nitrogens with zero attached hydrogens (tertiary/aromatic N) is 1. The summed E-state index contributed by atoms with van der Waals surface area (Å²) in [6, 6.07) is 31.0. The summed E-state index contributed by atoms with van der Waals surface area (Å²) in [7, 11) is 0. The van der Waals surface area contributed by atoms with E-state index in [2.05, 4.69) is 42.9 Å². The van der Waals surface area contributed by atoms with Gasteiger partial charge in [0.25, 0.3) is 0 Å². The standard InChI is InChI=1S/C16H21N.2C5H5.Ti/c1-14(12-15-8-4-2-5-9-15)13-17-16-10-6-3-7-11-16;2*1-2-4-5-3-1;/h2,4-5,8-9,12-13,16H,3,6-7,10-11H2,1H3;2*1-5H;/q-2;2*-1;+4. The first-order chi connectivity index (χ1) is 13.3. The zero-order chi connectivity index (χ0) is 19.0. The van der Waals surface area contributed by atoms with Gasteiger partial charge in [0, 0.05) is 0 Å². The van der Waals surface area contributed by atoms with Crippen LogP contribution >= 0.6 is 0 Å². The number of hydrogen-bond acceptors (Lipinski definition) is 0. The Balaban J connectivity index is 0.000000290. The van der Waals surface area contributed by atoms with Crippen molar-refractivity contribution in [3.63, 3.8) is 0 Å². The molecule has 0 aliphatic heterocycles. The minimum Gasteiger partial charge on any atom is -0.731 e. The molecule has 0 unspecified atom stereocenters. The maximum absolute atomic E-state index is 4.69. The van der Waals surface area contributed by atoms with Crippen LogP contribution in [0.15, 0.2) is 103 Å². The molecular weight excluding hydrogens is 374 g/mol. The van der Waals surface area contributed by atoms with Crippen molar-refractivity contribution >= 4 is 0 Å². The van der Waals surface area contributed by atoms with Crippen molar-refractivity contribution < 1.29 is 21.7 Å². The van der Waals surface area contributed by atoms with Crippen molar-refractivity contribution in [1.29, 1.82) is 0 Å². The third-order valence-electron chi connectivity index (χ3n) is 4.37. The Labute approximate surface area is 186 Å². The molecule has 0 bridgehead atoms. The predicted octanol–water partition coefficient (Wildman–Crippen LogP) is 7.66. The summed E-state index contributed by atoms with van der Waals surface area (Å²) in [6.07, 6.45) is 10.9. The van der Waals surface area contributed by atoms with Gasteiger partial charge in [-0.3, -0.25) is 6.20 Å². The molecule has 0 N–H and O–H groups in total. The van der Waals surface area contributed by atoms with E-state index in [-0.39, 0.29) is 21.7 Å². The van der Waals surface area contributed by atoms with Crippen LogP contribution in [0.1, 0.15) is 44.6 Å². The first-order valence-electron chi connectivity index (χ1n) is 9.94. The Bertz CT molecular complexity index is 617. The van der Waals surface area contributed by atoms with Crippen LogP contribution in [0.2, 0.25) is 0 Å². The Morgan fingerprint density at radius 3 is 1.86 bits per heavy atom. The maximum Gasteiger partial charge on any atom is 4.00 e. The molecule has 3 aromatic carbocycles. The van der Waals surface area contributed by atoms with Gasteiger partial charge in [0.1, 0.15) is 0 Å². The van der Waals surface area contributed by atoms with E-state index in [0.717, 1.165) is 0 Å². The van der Waals surface area contributed by atoms with Crippen LogP contribution in [0.4, 0.5) is 0 Å². The summed E-state index contributed by atoms with van der Waals surface area (Å²) in [5, 5.41) is 4.69. The Morgan fingerprint density at radius 1 is 0.857 bits per heavy atom. The van der Waals surface area contributed by atoms with Crippen molar-refractivity contribution in [3.05, 3.63) is 120 Å². The molecule has 1 aliphatic rings. The molecule has 28 heavy (non-hydrogen) atoms. The van der Waals surface area contributed by atoms with Crippen molar-refractivity contribution in [2.45, 2.75) is 45.1 Å². The average molecular weight is 405 g/mol. The third-order valence-corrected chi connectivity index (χ3v) is 4.37. The Hall–Kier alpha value is -1.96. The van der Waals surface area contributed by atoms with Gasteiger partial charge in [-0.05, 0) is 0 Å². The van der Waals surface area contributed by atoms with Gasteiger partial charge in [0.2, 0.25) is 0 Å². The summed E-state index contributed by atoms with van der Waals surface area (Å²) in [5.74, 6) is 0. The summed E-state index contributed by atoms with van der Waals surface area (Å²) >= 11 is 0. The molecule has 0 spiro atoms. The molecule has 0 atom stereocenters. The minimum atomic E-state index is 0. The zero-order valence-corrected chi connectivity index (χ0v) is 18.4. The SMILES string of the molecule is CC(=C[N-]C1CCCCC1)[CH-]c1ccccc1.[Ti+4].c1cc[cH-]c1.c1cc[cH-]c1. The molecule has 144 valence electrons. The van der Waals surface area contributed by atoms with Gasteiger partial charge in [-0.25, -0.2) is 24.3 Å². The largest absolute Gasteiger partial charge is 4.00 e. The van der Waals surface area contributed by atoms with Crippen LogP contribution in [-0.2, 0) is 21.7 Å². The second kappa shape index (κ2) is 16.0. The van der Waals surface area contributed by atoms with Gasteiger partial charge in [0.05, 0.1) is 0 Å². The number of rotatable bonds is 4. The molecule has 0 saturated heterocycles. The van der Waals surface area contributed by atoms with E-state index in [1.165, 1.54) is 43.2 Å². The van der Waals surface area contributed by atoms with Gasteiger partial charge in [-0.1, -0.05) is 45.1 Å². The number of benzene rings is 1. The third kappa shape index (κ3) is 11.7. The predicted molar refractivity (Wildman–Crippen MR) is 118 cm³/mol. The molecule has 0 heterocycles. The van der Waals surface area contributed by atoms with Crippen LogP contribution in [-0.4, -0.2) is 6.04 Å². The molecule has 0 amide bonds. The number of hydrogen-bond donors (Lipinski definition) is 0. The van der Waals surface area contributed by atoms with E-state index >= 15 is 0 Å². The van der Waals surface area contributed by atoms with Crippen molar-refractivity contribution in [1.82, 2.24) is 0 Å². The van der Waals surface area contributed by atoms with Crippen LogP contribution in [0, 0.1) is 6.42 Å². The van der Waals surface area contributed by atoms with E-state index < -0.39 is 0 Å². The molecule has 1 nitrogen and oxygen atoms in total. The first kappa shape index (κ1) is 24.1. The topological polar surface area (TPSA) is 14.1 Å². The van der Waals surface area contributed by atoms with Crippen LogP contribution in [0.5, 0.6) is 0 Å². The van der Waals surface area contributed by atoms with Crippen molar-refractivity contribution in [2.24, 2.45) is 0 Å². The minimum absolute atomic E-state index is 0. The normalized spacial score (nSPS) is 13.7. The fraction of sp³-hybridized carbons (Fsp3) is 0.269. The van der Waals surface area contributed by atoms with Gasteiger partial charge >= 0.3 is 21.7 Å². The van der Waals surface area contributed by atoms with E-state index in [1.54, 1.807) is 0 Å². The fourth-order valence-corrected chi connectivity index (χ4v) is 2.94. The van der Waals surface area contributed by atoms with Crippen molar-refractivity contribution in [2.75, 3.05) is 0 Å². The smallest absolute Gasteiger partial charge is 0.731 e. The Morgan fingerprint density at radius 2 is 1.39 bits per heavy atom. The molecule has 1 aliphatic carbocycles. The molecule has 4 rings (SSSR count). The second-order valence-corrected chi connectivity index (χ2v) is 6.79. The van der Waals surface area contributed by atoms with Crippen LogP contribution in [0.3, 0.4) is 0 Å². The summed E-state index contributed by atoms with van der Waals surface area (Å²) in [4.78, 5) is 0. The summed E-state index contributed by atoms with van der Waals surface area (Å²) in [6.45, 7) is 2.12. The fourth-order valence-electron chi connectivity index (χ4n) is 2.94. The first-order valence-corrected chi connectivity index (χ1v) is 9.94. The Kier molecular flexibility index (Phi) is 13.8. The zero-order valence-electron chi connectivity index (χ0n) is 16.9. The molecule has 1 fully saturated rings. The molecule has 2 heteroatoms. The van der Waals surface area contributed by atoms with E-state index in [1.807, 2.05) is 72.9 Å². The van der Waals surface area contributed by atoms with Crippen LogP contribution < -0.4 is 0 Å². The van der Waals surface area contributed by atoms with Gasteiger partial charge in [0.15, 0.2) is 0 Å².